The molecule has 11 heavy (non-hydrogen) atoms. The van der Waals surface area contributed by atoms with Crippen LogP contribution < -0.4 is 0 Å². The lowest BCUT2D eigenvalue weighted by atomic mass is 10.5. The SMILES string of the molecule is Cl.Cl.c1ncc2sccc2n1. The van der Waals surface area contributed by atoms with Gasteiger partial charge in [-0.1, -0.05) is 0 Å². The lowest BCUT2D eigenvalue weighted by molar-refractivity contribution is 1.23. The first-order valence-corrected chi connectivity index (χ1v) is 3.48. The van der Waals surface area contributed by atoms with Gasteiger partial charge in [0.05, 0.1) is 10.2 Å². The summed E-state index contributed by atoms with van der Waals surface area (Å²) in [6, 6.07) is 1.99. The summed E-state index contributed by atoms with van der Waals surface area (Å²) in [5, 5.41) is 2.01. The van der Waals surface area contributed by atoms with E-state index in [2.05, 4.69) is 9.97 Å². The molecule has 0 atom stereocenters. The number of aromatic nitrogens is 2. The van der Waals surface area contributed by atoms with Crippen LogP contribution in [-0.2, 0) is 0 Å². The van der Waals surface area contributed by atoms with Gasteiger partial charge in [0.2, 0.25) is 0 Å². The fourth-order valence-corrected chi connectivity index (χ4v) is 1.42. The Morgan fingerprint density at radius 3 is 2.82 bits per heavy atom. The number of halogens is 2. The summed E-state index contributed by atoms with van der Waals surface area (Å²) in [5.74, 6) is 0. The van der Waals surface area contributed by atoms with Gasteiger partial charge < -0.3 is 0 Å². The first kappa shape index (κ1) is 10.6. The van der Waals surface area contributed by atoms with Gasteiger partial charge in [-0.05, 0) is 11.4 Å². The van der Waals surface area contributed by atoms with Crippen LogP contribution in [0.4, 0.5) is 0 Å². The van der Waals surface area contributed by atoms with Crippen LogP contribution in [0.1, 0.15) is 0 Å². The number of hydrogen-bond donors (Lipinski definition) is 0. The highest BCUT2D eigenvalue weighted by atomic mass is 35.5. The van der Waals surface area contributed by atoms with Crippen molar-refractivity contribution in [2.75, 3.05) is 0 Å². The highest BCUT2D eigenvalue weighted by Gasteiger charge is 1.90. The van der Waals surface area contributed by atoms with E-state index in [1.807, 2.05) is 17.6 Å². The quantitative estimate of drug-likeness (QED) is 0.666. The molecule has 2 heterocycles. The largest absolute Gasteiger partial charge is 0.243 e. The average molecular weight is 209 g/mol. The van der Waals surface area contributed by atoms with Crippen LogP contribution >= 0.6 is 36.2 Å². The zero-order valence-corrected chi connectivity index (χ0v) is 7.88. The van der Waals surface area contributed by atoms with Gasteiger partial charge in [0.1, 0.15) is 6.33 Å². The summed E-state index contributed by atoms with van der Waals surface area (Å²) in [5.41, 5.74) is 1.04. The smallest absolute Gasteiger partial charge is 0.116 e. The normalized spacial score (nSPS) is 8.36. The molecule has 0 radical (unpaired) electrons. The molecular formula is C6H6Cl2N2S. The van der Waals surface area contributed by atoms with E-state index in [0.29, 0.717) is 0 Å². The second-order valence-electron chi connectivity index (χ2n) is 1.69. The molecule has 0 bridgehead atoms. The zero-order chi connectivity index (χ0) is 6.10. The first-order chi connectivity index (χ1) is 4.47. The van der Waals surface area contributed by atoms with Crippen LogP contribution in [0.5, 0.6) is 0 Å². The van der Waals surface area contributed by atoms with Gasteiger partial charge in [-0.25, -0.2) is 9.97 Å². The molecule has 5 heteroatoms. The maximum absolute atomic E-state index is 4.04. The Balaban J connectivity index is 0.000000500. The molecule has 0 aliphatic carbocycles. The Kier molecular flexibility index (Phi) is 4.33. The molecule has 2 aromatic heterocycles. The minimum atomic E-state index is 0. The third kappa shape index (κ3) is 2.02. The topological polar surface area (TPSA) is 25.8 Å². The lowest BCUT2D eigenvalue weighted by Crippen LogP contribution is -1.72. The van der Waals surface area contributed by atoms with Gasteiger partial charge in [0.15, 0.2) is 0 Å². The molecule has 0 aliphatic heterocycles. The van der Waals surface area contributed by atoms with E-state index in [9.17, 15) is 0 Å². The molecule has 0 saturated heterocycles. The summed E-state index contributed by atoms with van der Waals surface area (Å²) >= 11 is 1.66. The Morgan fingerprint density at radius 2 is 2.09 bits per heavy atom. The van der Waals surface area contributed by atoms with Crippen LogP contribution in [0, 0.1) is 0 Å². The van der Waals surface area contributed by atoms with Gasteiger partial charge in [-0.15, -0.1) is 36.2 Å². The van der Waals surface area contributed by atoms with Crippen molar-refractivity contribution >= 4 is 46.4 Å². The predicted octanol–water partition coefficient (Wildman–Crippen LogP) is 2.53. The molecule has 2 nitrogen and oxygen atoms in total. The Bertz CT molecular complexity index is 293. The lowest BCUT2D eigenvalue weighted by Gasteiger charge is -1.81. The van der Waals surface area contributed by atoms with Crippen LogP contribution in [0.3, 0.4) is 0 Å². The van der Waals surface area contributed by atoms with E-state index in [-0.39, 0.29) is 24.8 Å². The second kappa shape index (κ2) is 4.49. The summed E-state index contributed by atoms with van der Waals surface area (Å²) in [6.45, 7) is 0. The van der Waals surface area contributed by atoms with Gasteiger partial charge >= 0.3 is 0 Å². The Hall–Kier alpha value is -0.380. The van der Waals surface area contributed by atoms with Crippen molar-refractivity contribution in [3.63, 3.8) is 0 Å². The number of hydrogen-bond acceptors (Lipinski definition) is 3. The summed E-state index contributed by atoms with van der Waals surface area (Å²) < 4.78 is 1.15. The maximum Gasteiger partial charge on any atom is 0.116 e. The van der Waals surface area contributed by atoms with E-state index < -0.39 is 0 Å². The van der Waals surface area contributed by atoms with Gasteiger partial charge in [-0.2, -0.15) is 0 Å². The molecule has 0 unspecified atom stereocenters. The van der Waals surface area contributed by atoms with E-state index in [0.717, 1.165) is 10.2 Å². The molecule has 0 amide bonds. The highest BCUT2D eigenvalue weighted by molar-refractivity contribution is 7.17. The molecule has 0 fully saturated rings. The van der Waals surface area contributed by atoms with Crippen LogP contribution in [0.15, 0.2) is 24.0 Å². The van der Waals surface area contributed by atoms with E-state index in [1.54, 1.807) is 17.7 Å². The van der Waals surface area contributed by atoms with Crippen molar-refractivity contribution in [2.24, 2.45) is 0 Å². The summed E-state index contributed by atoms with van der Waals surface area (Å²) in [7, 11) is 0. The third-order valence-corrected chi connectivity index (χ3v) is 1.97. The standard InChI is InChI=1S/C6H4N2S.2ClH/c1-2-9-6-3-7-4-8-5(1)6;;/h1-4H;2*1H. The number of thiophene rings is 1. The van der Waals surface area contributed by atoms with Gasteiger partial charge in [0, 0.05) is 6.20 Å². The van der Waals surface area contributed by atoms with Gasteiger partial charge in [-0.3, -0.25) is 0 Å². The zero-order valence-electron chi connectivity index (χ0n) is 5.43. The van der Waals surface area contributed by atoms with Crippen molar-refractivity contribution in [1.29, 1.82) is 0 Å². The number of rotatable bonds is 0. The van der Waals surface area contributed by atoms with E-state index in [1.165, 1.54) is 0 Å². The monoisotopic (exact) mass is 208 g/mol. The van der Waals surface area contributed by atoms with Crippen molar-refractivity contribution in [2.45, 2.75) is 0 Å². The van der Waals surface area contributed by atoms with E-state index >= 15 is 0 Å². The maximum atomic E-state index is 4.04. The number of fused-ring (bicyclic) bond motifs is 1. The minimum absolute atomic E-state index is 0. The van der Waals surface area contributed by atoms with Gasteiger partial charge in [0.25, 0.3) is 0 Å². The minimum Gasteiger partial charge on any atom is -0.243 e. The van der Waals surface area contributed by atoms with Crippen molar-refractivity contribution in [1.82, 2.24) is 9.97 Å². The van der Waals surface area contributed by atoms with Crippen LogP contribution in [0.25, 0.3) is 10.2 Å². The summed E-state index contributed by atoms with van der Waals surface area (Å²) in [6.07, 6.45) is 3.39. The van der Waals surface area contributed by atoms with Crippen molar-refractivity contribution < 1.29 is 0 Å². The molecule has 60 valence electrons. The molecule has 0 aromatic carbocycles. The van der Waals surface area contributed by atoms with Crippen molar-refractivity contribution in [3.05, 3.63) is 24.0 Å². The fourth-order valence-electron chi connectivity index (χ4n) is 0.714. The second-order valence-corrected chi connectivity index (χ2v) is 2.64. The van der Waals surface area contributed by atoms with E-state index in [4.69, 9.17) is 0 Å². The molecular weight excluding hydrogens is 203 g/mol. The molecule has 0 N–H and O–H groups in total. The molecule has 2 rings (SSSR count). The first-order valence-electron chi connectivity index (χ1n) is 2.60. The highest BCUT2D eigenvalue weighted by Crippen LogP contribution is 2.15. The van der Waals surface area contributed by atoms with Crippen molar-refractivity contribution in [3.8, 4) is 0 Å². The Morgan fingerprint density at radius 1 is 1.27 bits per heavy atom. The Labute approximate surface area is 80.5 Å². The third-order valence-electron chi connectivity index (χ3n) is 1.13. The molecule has 2 aromatic rings. The molecule has 0 aliphatic rings. The molecule has 0 saturated carbocycles. The average Bonchev–Trinajstić information content (AvgIpc) is 2.33. The fraction of sp³-hybridized carbons (Fsp3) is 0. The van der Waals surface area contributed by atoms with Crippen LogP contribution in [-0.4, -0.2) is 9.97 Å². The number of nitrogens with zero attached hydrogens (tertiary/aromatic N) is 2. The summed E-state index contributed by atoms with van der Waals surface area (Å²) in [4.78, 5) is 7.92. The van der Waals surface area contributed by atoms with Crippen LogP contribution in [0.2, 0.25) is 0 Å². The molecule has 0 spiro atoms. The predicted molar refractivity (Wildman–Crippen MR) is 51.9 cm³/mol.